The van der Waals surface area contributed by atoms with E-state index in [2.05, 4.69) is 5.32 Å². The summed E-state index contributed by atoms with van der Waals surface area (Å²) in [5.41, 5.74) is 1.04. The number of aliphatic hydroxyl groups is 1. The first-order valence-electron chi connectivity index (χ1n) is 6.74. The number of carbonyl (C=O) groups excluding carboxylic acids is 1. The molecule has 0 radical (unpaired) electrons. The number of amides is 1. The predicted octanol–water partition coefficient (Wildman–Crippen LogP) is 2.54. The van der Waals surface area contributed by atoms with Gasteiger partial charge >= 0.3 is 6.18 Å². The van der Waals surface area contributed by atoms with Crippen LogP contribution in [0.3, 0.4) is 0 Å². The van der Waals surface area contributed by atoms with Crippen LogP contribution in [0.15, 0.2) is 24.3 Å². The number of aliphatic hydroxyl groups excluding tert-OH is 1. The molecule has 2 rings (SSSR count). The first kappa shape index (κ1) is 15.6. The molecular weight excluding hydrogens is 285 g/mol. The minimum Gasteiger partial charge on any atom is -0.393 e. The van der Waals surface area contributed by atoms with Gasteiger partial charge in [0.05, 0.1) is 17.5 Å². The quantitative estimate of drug-likeness (QED) is 0.902. The van der Waals surface area contributed by atoms with E-state index in [0.717, 1.165) is 0 Å². The van der Waals surface area contributed by atoms with Crippen molar-refractivity contribution >= 4 is 17.3 Å². The van der Waals surface area contributed by atoms with Crippen molar-refractivity contribution in [2.75, 3.05) is 23.3 Å². The molecule has 21 heavy (non-hydrogen) atoms. The summed E-state index contributed by atoms with van der Waals surface area (Å²) in [6, 6.07) is 6.75. The summed E-state index contributed by atoms with van der Waals surface area (Å²) in [5.74, 6) is -1.08. The summed E-state index contributed by atoms with van der Waals surface area (Å²) < 4.78 is 36.6. The lowest BCUT2D eigenvalue weighted by Gasteiger charge is -2.32. The molecule has 0 saturated carbocycles. The molecule has 1 fully saturated rings. The van der Waals surface area contributed by atoms with Crippen LogP contribution in [0.4, 0.5) is 24.5 Å². The lowest BCUT2D eigenvalue weighted by Crippen LogP contribution is -2.36. The summed E-state index contributed by atoms with van der Waals surface area (Å²) in [5, 5.41) is 11.8. The van der Waals surface area contributed by atoms with Crippen molar-refractivity contribution in [1.29, 1.82) is 0 Å². The van der Waals surface area contributed by atoms with Gasteiger partial charge < -0.3 is 15.3 Å². The minimum atomic E-state index is -4.52. The molecule has 1 aliphatic rings. The van der Waals surface area contributed by atoms with Crippen molar-refractivity contribution < 1.29 is 23.1 Å². The largest absolute Gasteiger partial charge is 0.397 e. The average molecular weight is 302 g/mol. The lowest BCUT2D eigenvalue weighted by atomic mass is 10.1. The Morgan fingerprint density at radius 2 is 1.90 bits per heavy atom. The van der Waals surface area contributed by atoms with Crippen LogP contribution in [-0.4, -0.2) is 36.4 Å². The smallest absolute Gasteiger partial charge is 0.393 e. The van der Waals surface area contributed by atoms with Crippen molar-refractivity contribution in [3.63, 3.8) is 0 Å². The van der Waals surface area contributed by atoms with Crippen molar-refractivity contribution in [2.45, 2.75) is 31.5 Å². The molecule has 2 N–H and O–H groups in total. The SMILES string of the molecule is O=C(CC(F)(F)F)Nc1ccccc1N1CCC(O)CC1. The van der Waals surface area contributed by atoms with Crippen LogP contribution in [0.25, 0.3) is 0 Å². The fraction of sp³-hybridized carbons (Fsp3) is 0.500. The highest BCUT2D eigenvalue weighted by molar-refractivity contribution is 5.94. The van der Waals surface area contributed by atoms with Gasteiger partial charge in [-0.1, -0.05) is 12.1 Å². The van der Waals surface area contributed by atoms with E-state index in [1.54, 1.807) is 24.3 Å². The van der Waals surface area contributed by atoms with Gasteiger partial charge in [0.25, 0.3) is 0 Å². The molecule has 1 aromatic rings. The second kappa shape index (κ2) is 6.34. The van der Waals surface area contributed by atoms with Gasteiger partial charge in [0.2, 0.25) is 5.91 Å². The number of carbonyl (C=O) groups is 1. The van der Waals surface area contributed by atoms with E-state index in [9.17, 15) is 23.1 Å². The molecule has 0 bridgehead atoms. The number of halogens is 3. The van der Waals surface area contributed by atoms with Gasteiger partial charge in [-0.15, -0.1) is 0 Å². The van der Waals surface area contributed by atoms with E-state index in [4.69, 9.17) is 0 Å². The second-order valence-corrected chi connectivity index (χ2v) is 5.08. The van der Waals surface area contributed by atoms with E-state index in [1.807, 2.05) is 4.90 Å². The third kappa shape index (κ3) is 4.63. The van der Waals surface area contributed by atoms with Crippen LogP contribution in [0, 0.1) is 0 Å². The number of benzene rings is 1. The van der Waals surface area contributed by atoms with Crippen molar-refractivity contribution in [2.24, 2.45) is 0 Å². The van der Waals surface area contributed by atoms with Crippen molar-refractivity contribution in [3.05, 3.63) is 24.3 Å². The zero-order chi connectivity index (χ0) is 15.5. The van der Waals surface area contributed by atoms with E-state index < -0.39 is 18.5 Å². The minimum absolute atomic E-state index is 0.340. The highest BCUT2D eigenvalue weighted by atomic mass is 19.4. The van der Waals surface area contributed by atoms with Crippen molar-refractivity contribution in [1.82, 2.24) is 0 Å². The first-order valence-corrected chi connectivity index (χ1v) is 6.74. The molecule has 1 aromatic carbocycles. The molecule has 4 nitrogen and oxygen atoms in total. The standard InChI is InChI=1S/C14H17F3N2O2/c15-14(16,17)9-13(21)18-11-3-1-2-4-12(11)19-7-5-10(20)6-8-19/h1-4,10,20H,5-9H2,(H,18,21). The van der Waals surface area contributed by atoms with Gasteiger partial charge in [0, 0.05) is 13.1 Å². The highest BCUT2D eigenvalue weighted by Gasteiger charge is 2.31. The Morgan fingerprint density at radius 3 is 2.52 bits per heavy atom. The van der Waals surface area contributed by atoms with Crippen LogP contribution in [0.5, 0.6) is 0 Å². The van der Waals surface area contributed by atoms with E-state index in [0.29, 0.717) is 37.3 Å². The third-order valence-electron chi connectivity index (χ3n) is 3.34. The van der Waals surface area contributed by atoms with Crippen molar-refractivity contribution in [3.8, 4) is 0 Å². The number of para-hydroxylation sites is 2. The summed E-state index contributed by atoms with van der Waals surface area (Å²) in [6.45, 7) is 1.21. The Balaban J connectivity index is 2.08. The monoisotopic (exact) mass is 302 g/mol. The number of nitrogens with one attached hydrogen (secondary N) is 1. The van der Waals surface area contributed by atoms with Crippen LogP contribution in [0.2, 0.25) is 0 Å². The van der Waals surface area contributed by atoms with Crippen LogP contribution in [-0.2, 0) is 4.79 Å². The third-order valence-corrected chi connectivity index (χ3v) is 3.34. The number of alkyl halides is 3. The zero-order valence-corrected chi connectivity index (χ0v) is 11.4. The first-order chi connectivity index (χ1) is 9.85. The Kier molecular flexibility index (Phi) is 4.72. The number of hydrogen-bond donors (Lipinski definition) is 2. The molecule has 0 aliphatic carbocycles. The normalized spacial score (nSPS) is 16.9. The Bertz CT molecular complexity index is 497. The maximum absolute atomic E-state index is 12.2. The molecule has 1 aliphatic heterocycles. The Morgan fingerprint density at radius 1 is 1.29 bits per heavy atom. The molecule has 0 unspecified atom stereocenters. The topological polar surface area (TPSA) is 52.6 Å². The second-order valence-electron chi connectivity index (χ2n) is 5.08. The van der Waals surface area contributed by atoms with E-state index in [-0.39, 0.29) is 6.10 Å². The number of anilines is 2. The van der Waals surface area contributed by atoms with Gasteiger partial charge in [0.1, 0.15) is 6.42 Å². The number of piperidine rings is 1. The number of nitrogens with zero attached hydrogens (tertiary/aromatic N) is 1. The number of rotatable bonds is 3. The van der Waals surface area contributed by atoms with Gasteiger partial charge in [0.15, 0.2) is 0 Å². The Hall–Kier alpha value is -1.76. The Labute approximate surface area is 120 Å². The van der Waals surface area contributed by atoms with Gasteiger partial charge in [-0.2, -0.15) is 13.2 Å². The maximum atomic E-state index is 12.2. The summed E-state index contributed by atoms with van der Waals surface area (Å²) in [7, 11) is 0. The molecule has 1 amide bonds. The fourth-order valence-electron chi connectivity index (χ4n) is 2.34. The lowest BCUT2D eigenvalue weighted by molar-refractivity contribution is -0.150. The van der Waals surface area contributed by atoms with E-state index >= 15 is 0 Å². The summed E-state index contributed by atoms with van der Waals surface area (Å²) in [4.78, 5) is 13.4. The molecule has 1 saturated heterocycles. The molecule has 0 spiro atoms. The van der Waals surface area contributed by atoms with Gasteiger partial charge in [-0.25, -0.2) is 0 Å². The van der Waals surface area contributed by atoms with Gasteiger partial charge in [-0.05, 0) is 25.0 Å². The predicted molar refractivity (Wildman–Crippen MR) is 73.2 cm³/mol. The maximum Gasteiger partial charge on any atom is 0.397 e. The summed E-state index contributed by atoms with van der Waals surface area (Å²) >= 11 is 0. The highest BCUT2D eigenvalue weighted by Crippen LogP contribution is 2.29. The molecule has 7 heteroatoms. The zero-order valence-electron chi connectivity index (χ0n) is 11.4. The average Bonchev–Trinajstić information content (AvgIpc) is 2.38. The van der Waals surface area contributed by atoms with Gasteiger partial charge in [-0.3, -0.25) is 4.79 Å². The molecule has 0 atom stereocenters. The molecule has 1 heterocycles. The fourth-order valence-corrected chi connectivity index (χ4v) is 2.34. The molecule has 116 valence electrons. The van der Waals surface area contributed by atoms with E-state index in [1.165, 1.54) is 0 Å². The van der Waals surface area contributed by atoms with Crippen LogP contribution in [0.1, 0.15) is 19.3 Å². The van der Waals surface area contributed by atoms with Crippen LogP contribution < -0.4 is 10.2 Å². The summed E-state index contributed by atoms with van der Waals surface area (Å²) in [6.07, 6.45) is -5.16. The van der Waals surface area contributed by atoms with Crippen LogP contribution >= 0.6 is 0 Å². The molecular formula is C14H17F3N2O2. The number of hydrogen-bond acceptors (Lipinski definition) is 3. The molecule has 0 aromatic heterocycles.